The molecule has 1 N–H and O–H groups in total. The molecule has 0 fully saturated rings. The number of methoxy groups -OCH3 is 1. The Morgan fingerprint density at radius 3 is 2.61 bits per heavy atom. The Morgan fingerprint density at radius 1 is 1.39 bits per heavy atom. The van der Waals surface area contributed by atoms with Crippen molar-refractivity contribution in [1.82, 2.24) is 0 Å². The van der Waals surface area contributed by atoms with E-state index in [1.54, 1.807) is 25.3 Å². The van der Waals surface area contributed by atoms with E-state index in [4.69, 9.17) is 16.3 Å². The fourth-order valence-corrected chi connectivity index (χ4v) is 3.48. The Bertz CT molecular complexity index is 549. The zero-order chi connectivity index (χ0) is 13.3. The highest BCUT2D eigenvalue weighted by molar-refractivity contribution is 9.11. The van der Waals surface area contributed by atoms with Crippen molar-refractivity contribution in [3.63, 3.8) is 0 Å². The number of benzene rings is 1. The molecule has 5 heteroatoms. The van der Waals surface area contributed by atoms with Crippen LogP contribution in [0.2, 0.25) is 5.02 Å². The number of rotatable bonds is 3. The van der Waals surface area contributed by atoms with Crippen LogP contribution in [0.1, 0.15) is 22.1 Å². The molecule has 1 aromatic heterocycles. The molecule has 0 aliphatic carbocycles. The van der Waals surface area contributed by atoms with Crippen LogP contribution in [-0.4, -0.2) is 12.2 Å². The van der Waals surface area contributed by atoms with Crippen molar-refractivity contribution in [3.8, 4) is 5.75 Å². The van der Waals surface area contributed by atoms with E-state index in [2.05, 4.69) is 15.9 Å². The van der Waals surface area contributed by atoms with Crippen LogP contribution >= 0.6 is 38.9 Å². The molecule has 1 heterocycles. The molecule has 0 bridgehead atoms. The largest absolute Gasteiger partial charge is 0.497 e. The molecule has 1 aromatic carbocycles. The standard InChI is InChI=1S/C13H12BrClO2S/c1-7-5-11(18-13(7)14)12(16)9-4-3-8(17-2)6-10(9)15/h3-6,12,16H,1-2H3. The van der Waals surface area contributed by atoms with Crippen LogP contribution in [0.25, 0.3) is 0 Å². The summed E-state index contributed by atoms with van der Waals surface area (Å²) in [6.45, 7) is 1.99. The van der Waals surface area contributed by atoms with Crippen molar-refractivity contribution in [3.05, 3.63) is 49.1 Å². The quantitative estimate of drug-likeness (QED) is 0.882. The van der Waals surface area contributed by atoms with Crippen molar-refractivity contribution >= 4 is 38.9 Å². The Balaban J connectivity index is 2.36. The molecule has 2 aromatic rings. The third-order valence-corrected chi connectivity index (χ3v) is 5.16. The Hall–Kier alpha value is -0.550. The van der Waals surface area contributed by atoms with Gasteiger partial charge in [0.2, 0.25) is 0 Å². The summed E-state index contributed by atoms with van der Waals surface area (Å²) in [5, 5.41) is 10.8. The molecule has 0 radical (unpaired) electrons. The Kier molecular flexibility index (Phi) is 4.33. The molecule has 18 heavy (non-hydrogen) atoms. The number of hydrogen-bond donors (Lipinski definition) is 1. The summed E-state index contributed by atoms with van der Waals surface area (Å²) in [7, 11) is 1.58. The van der Waals surface area contributed by atoms with E-state index in [1.807, 2.05) is 13.0 Å². The molecule has 0 spiro atoms. The minimum atomic E-state index is -0.710. The van der Waals surface area contributed by atoms with Gasteiger partial charge in [-0.05, 0) is 46.6 Å². The zero-order valence-corrected chi connectivity index (χ0v) is 13.1. The van der Waals surface area contributed by atoms with Gasteiger partial charge in [0.05, 0.1) is 15.9 Å². The SMILES string of the molecule is COc1ccc(C(O)c2cc(C)c(Br)s2)c(Cl)c1. The summed E-state index contributed by atoms with van der Waals surface area (Å²) in [5.41, 5.74) is 1.80. The number of aliphatic hydroxyl groups excluding tert-OH is 1. The van der Waals surface area contributed by atoms with Gasteiger partial charge in [-0.2, -0.15) is 0 Å². The average molecular weight is 348 g/mol. The summed E-state index contributed by atoms with van der Waals surface area (Å²) < 4.78 is 6.12. The van der Waals surface area contributed by atoms with Crippen LogP contribution in [0.5, 0.6) is 5.75 Å². The van der Waals surface area contributed by atoms with Gasteiger partial charge in [0.15, 0.2) is 0 Å². The molecule has 2 rings (SSSR count). The van der Waals surface area contributed by atoms with Crippen LogP contribution in [0.4, 0.5) is 0 Å². The smallest absolute Gasteiger partial charge is 0.120 e. The average Bonchev–Trinajstić information content (AvgIpc) is 2.68. The van der Waals surface area contributed by atoms with Gasteiger partial charge in [-0.15, -0.1) is 11.3 Å². The summed E-state index contributed by atoms with van der Waals surface area (Å²) in [6, 6.07) is 7.24. The van der Waals surface area contributed by atoms with Crippen LogP contribution in [0.3, 0.4) is 0 Å². The second-order valence-corrected chi connectivity index (χ2v) is 6.70. The molecule has 96 valence electrons. The highest BCUT2D eigenvalue weighted by atomic mass is 79.9. The first-order valence-corrected chi connectivity index (χ1v) is 7.29. The Morgan fingerprint density at radius 2 is 2.11 bits per heavy atom. The maximum atomic E-state index is 10.3. The van der Waals surface area contributed by atoms with Crippen molar-refractivity contribution in [1.29, 1.82) is 0 Å². The van der Waals surface area contributed by atoms with Gasteiger partial charge in [0, 0.05) is 10.4 Å². The molecular formula is C13H12BrClO2S. The highest BCUT2D eigenvalue weighted by Crippen LogP contribution is 2.37. The molecule has 0 aliphatic rings. The van der Waals surface area contributed by atoms with E-state index >= 15 is 0 Å². The molecule has 1 unspecified atom stereocenters. The lowest BCUT2D eigenvalue weighted by Crippen LogP contribution is -1.98. The first-order chi connectivity index (χ1) is 8.52. The number of halogens is 2. The number of aliphatic hydroxyl groups is 1. The predicted octanol–water partition coefficient (Wildman–Crippen LogP) is 4.56. The third-order valence-electron chi connectivity index (χ3n) is 2.65. The third kappa shape index (κ3) is 2.72. The van der Waals surface area contributed by atoms with Crippen LogP contribution < -0.4 is 4.74 Å². The fourth-order valence-electron chi connectivity index (χ4n) is 1.63. The lowest BCUT2D eigenvalue weighted by atomic mass is 10.1. The molecule has 0 amide bonds. The fraction of sp³-hybridized carbons (Fsp3) is 0.231. The number of thiophene rings is 1. The van der Waals surface area contributed by atoms with E-state index in [1.165, 1.54) is 11.3 Å². The molecule has 2 nitrogen and oxygen atoms in total. The van der Waals surface area contributed by atoms with Gasteiger partial charge in [-0.1, -0.05) is 17.7 Å². The first-order valence-electron chi connectivity index (χ1n) is 5.30. The van der Waals surface area contributed by atoms with E-state index in [-0.39, 0.29) is 0 Å². The number of aryl methyl sites for hydroxylation is 1. The zero-order valence-electron chi connectivity index (χ0n) is 9.91. The number of ether oxygens (including phenoxy) is 1. The summed E-state index contributed by atoms with van der Waals surface area (Å²) >= 11 is 11.1. The van der Waals surface area contributed by atoms with Crippen LogP contribution in [-0.2, 0) is 0 Å². The monoisotopic (exact) mass is 346 g/mol. The van der Waals surface area contributed by atoms with E-state index in [0.29, 0.717) is 16.3 Å². The predicted molar refractivity (Wildman–Crippen MR) is 78.8 cm³/mol. The van der Waals surface area contributed by atoms with E-state index in [0.717, 1.165) is 14.2 Å². The van der Waals surface area contributed by atoms with E-state index in [9.17, 15) is 5.11 Å². The van der Waals surface area contributed by atoms with Crippen molar-refractivity contribution in [2.75, 3.05) is 7.11 Å². The minimum Gasteiger partial charge on any atom is -0.497 e. The van der Waals surface area contributed by atoms with Crippen LogP contribution in [0, 0.1) is 6.92 Å². The summed E-state index contributed by atoms with van der Waals surface area (Å²) in [5.74, 6) is 0.680. The maximum Gasteiger partial charge on any atom is 0.120 e. The topological polar surface area (TPSA) is 29.5 Å². The van der Waals surface area contributed by atoms with Gasteiger partial charge in [0.1, 0.15) is 11.9 Å². The normalized spacial score (nSPS) is 12.5. The van der Waals surface area contributed by atoms with Gasteiger partial charge >= 0.3 is 0 Å². The lowest BCUT2D eigenvalue weighted by Gasteiger charge is -2.12. The maximum absolute atomic E-state index is 10.3. The lowest BCUT2D eigenvalue weighted by molar-refractivity contribution is 0.224. The number of hydrogen-bond acceptors (Lipinski definition) is 3. The molecule has 1 atom stereocenters. The minimum absolute atomic E-state index is 0.504. The molecule has 0 saturated heterocycles. The van der Waals surface area contributed by atoms with Gasteiger partial charge in [0.25, 0.3) is 0 Å². The summed E-state index contributed by atoms with van der Waals surface area (Å²) in [4.78, 5) is 0.867. The van der Waals surface area contributed by atoms with Gasteiger partial charge < -0.3 is 9.84 Å². The van der Waals surface area contributed by atoms with Gasteiger partial charge in [-0.25, -0.2) is 0 Å². The molecule has 0 saturated carbocycles. The second kappa shape index (κ2) is 5.61. The molecule has 0 aliphatic heterocycles. The van der Waals surface area contributed by atoms with E-state index < -0.39 is 6.10 Å². The van der Waals surface area contributed by atoms with Crippen molar-refractivity contribution < 1.29 is 9.84 Å². The van der Waals surface area contributed by atoms with Crippen molar-refractivity contribution in [2.45, 2.75) is 13.0 Å². The highest BCUT2D eigenvalue weighted by Gasteiger charge is 2.17. The summed E-state index contributed by atoms with van der Waals surface area (Å²) in [6.07, 6.45) is -0.710. The second-order valence-electron chi connectivity index (χ2n) is 3.90. The molecular weight excluding hydrogens is 336 g/mol. The first kappa shape index (κ1) is 13.9. The van der Waals surface area contributed by atoms with Gasteiger partial charge in [-0.3, -0.25) is 0 Å². The van der Waals surface area contributed by atoms with Crippen LogP contribution in [0.15, 0.2) is 28.1 Å². The Labute approximate surface area is 123 Å². The van der Waals surface area contributed by atoms with Crippen molar-refractivity contribution in [2.24, 2.45) is 0 Å².